The van der Waals surface area contributed by atoms with Gasteiger partial charge in [-0.3, -0.25) is 14.3 Å². The van der Waals surface area contributed by atoms with Crippen LogP contribution in [0.5, 0.6) is 0 Å². The van der Waals surface area contributed by atoms with E-state index in [2.05, 4.69) is 21.0 Å². The molecule has 0 spiro atoms. The van der Waals surface area contributed by atoms with Crippen molar-refractivity contribution in [1.29, 1.82) is 0 Å². The van der Waals surface area contributed by atoms with Crippen LogP contribution in [-0.4, -0.2) is 37.4 Å². The molecule has 4 aromatic rings. The van der Waals surface area contributed by atoms with E-state index < -0.39 is 0 Å². The fourth-order valence-electron chi connectivity index (χ4n) is 3.21. The molecular weight excluding hydrogens is 354 g/mol. The van der Waals surface area contributed by atoms with Gasteiger partial charge in [0.1, 0.15) is 0 Å². The van der Waals surface area contributed by atoms with E-state index in [1.165, 1.54) is 10.6 Å². The van der Waals surface area contributed by atoms with E-state index >= 15 is 0 Å². The van der Waals surface area contributed by atoms with Gasteiger partial charge in [-0.1, -0.05) is 18.2 Å². The molecule has 7 heteroatoms. The summed E-state index contributed by atoms with van der Waals surface area (Å²) in [4.78, 5) is 36.2. The zero-order valence-corrected chi connectivity index (χ0v) is 15.9. The second-order valence-electron chi connectivity index (χ2n) is 6.90. The number of likely N-dealkylation sites (N-methyl/N-ethyl adjacent to an activating group) is 1. The number of H-pyrrole nitrogens is 2. The maximum atomic E-state index is 12.6. The third-order valence-electron chi connectivity index (χ3n) is 5.13. The van der Waals surface area contributed by atoms with Gasteiger partial charge in [0.2, 0.25) is 5.91 Å². The van der Waals surface area contributed by atoms with Crippen molar-refractivity contribution in [3.05, 3.63) is 70.4 Å². The predicted molar refractivity (Wildman–Crippen MR) is 110 cm³/mol. The minimum absolute atomic E-state index is 0.101. The Kier molecular flexibility index (Phi) is 4.35. The molecule has 3 heterocycles. The van der Waals surface area contributed by atoms with Gasteiger partial charge in [0.25, 0.3) is 0 Å². The predicted octanol–water partition coefficient (Wildman–Crippen LogP) is 2.98. The van der Waals surface area contributed by atoms with Crippen molar-refractivity contribution in [2.24, 2.45) is 7.05 Å². The number of amides is 1. The zero-order valence-electron chi connectivity index (χ0n) is 15.9. The summed E-state index contributed by atoms with van der Waals surface area (Å²) in [5.41, 5.74) is 3.79. The fourth-order valence-corrected chi connectivity index (χ4v) is 3.21. The summed E-state index contributed by atoms with van der Waals surface area (Å²) in [6.45, 7) is 1.99. The average molecular weight is 375 g/mol. The number of aryl methyl sites for hydroxylation is 1. The van der Waals surface area contributed by atoms with Crippen LogP contribution in [0.3, 0.4) is 0 Å². The second kappa shape index (κ2) is 6.84. The molecule has 0 aliphatic heterocycles. The molecule has 1 atom stereocenters. The summed E-state index contributed by atoms with van der Waals surface area (Å²) in [6.07, 6.45) is 4.86. The molecule has 0 bridgehead atoms. The maximum Gasteiger partial charge on any atom is 0.327 e. The fraction of sp³-hybridized carbons (Fsp3) is 0.190. The van der Waals surface area contributed by atoms with Crippen LogP contribution >= 0.6 is 0 Å². The SMILES string of the molecule is CC(c1cc2ccccc2[nH]1)N(C)C(=O)/C=C/c1cnc2[nH]c(=O)n(C)c2c1. The van der Waals surface area contributed by atoms with Gasteiger partial charge in [-0.15, -0.1) is 0 Å². The quantitative estimate of drug-likeness (QED) is 0.538. The zero-order chi connectivity index (χ0) is 19.8. The van der Waals surface area contributed by atoms with Crippen LogP contribution in [0.4, 0.5) is 0 Å². The van der Waals surface area contributed by atoms with E-state index in [4.69, 9.17) is 0 Å². The van der Waals surface area contributed by atoms with Crippen molar-refractivity contribution in [1.82, 2.24) is 24.4 Å². The van der Waals surface area contributed by atoms with Gasteiger partial charge < -0.3 is 9.88 Å². The molecule has 0 saturated carbocycles. The number of nitrogens with one attached hydrogen (secondary N) is 2. The minimum atomic E-state index is -0.216. The average Bonchev–Trinajstić information content (AvgIpc) is 3.26. The van der Waals surface area contributed by atoms with Gasteiger partial charge in [-0.25, -0.2) is 9.78 Å². The summed E-state index contributed by atoms with van der Waals surface area (Å²) in [5, 5.41) is 1.12. The molecule has 4 rings (SSSR count). The second-order valence-corrected chi connectivity index (χ2v) is 6.90. The van der Waals surface area contributed by atoms with Gasteiger partial charge in [-0.05, 0) is 42.1 Å². The van der Waals surface area contributed by atoms with Crippen LogP contribution in [0.1, 0.15) is 24.2 Å². The van der Waals surface area contributed by atoms with E-state index in [0.717, 1.165) is 22.2 Å². The standard InChI is InChI=1S/C21H21N5O2/c1-13(17-11-15-6-4-5-7-16(15)23-17)25(2)19(27)9-8-14-10-18-20(22-12-14)24-21(28)26(18)3/h4-13,23H,1-3H3,(H,22,24,28)/b9-8+. The van der Waals surface area contributed by atoms with Crippen molar-refractivity contribution in [3.63, 3.8) is 0 Å². The largest absolute Gasteiger partial charge is 0.357 e. The normalized spacial score (nSPS) is 12.8. The molecule has 0 radical (unpaired) electrons. The number of pyridine rings is 1. The smallest absolute Gasteiger partial charge is 0.327 e. The first-order valence-corrected chi connectivity index (χ1v) is 9.01. The number of imidazole rings is 1. The molecular formula is C21H21N5O2. The molecule has 1 amide bonds. The summed E-state index contributed by atoms with van der Waals surface area (Å²) in [6, 6.07) is 11.8. The van der Waals surface area contributed by atoms with E-state index in [-0.39, 0.29) is 17.6 Å². The van der Waals surface area contributed by atoms with Crippen LogP contribution < -0.4 is 5.69 Å². The van der Waals surface area contributed by atoms with Gasteiger partial charge in [0, 0.05) is 37.6 Å². The van der Waals surface area contributed by atoms with Crippen LogP contribution in [0.25, 0.3) is 28.1 Å². The molecule has 1 aromatic carbocycles. The van der Waals surface area contributed by atoms with Gasteiger partial charge in [0.15, 0.2) is 5.65 Å². The number of benzene rings is 1. The monoisotopic (exact) mass is 375 g/mol. The minimum Gasteiger partial charge on any atom is -0.357 e. The number of aromatic nitrogens is 4. The van der Waals surface area contributed by atoms with Crippen LogP contribution in [0.15, 0.2) is 53.5 Å². The van der Waals surface area contributed by atoms with Gasteiger partial charge in [-0.2, -0.15) is 0 Å². The Balaban J connectivity index is 1.53. The summed E-state index contributed by atoms with van der Waals surface area (Å²) in [7, 11) is 3.46. The van der Waals surface area contributed by atoms with E-state index in [9.17, 15) is 9.59 Å². The molecule has 0 aliphatic carbocycles. The lowest BCUT2D eigenvalue weighted by Crippen LogP contribution is -2.28. The Bertz CT molecular complexity index is 1230. The number of carbonyl (C=O) groups is 1. The number of rotatable bonds is 4. The number of para-hydroxylation sites is 1. The molecule has 0 fully saturated rings. The number of fused-ring (bicyclic) bond motifs is 2. The summed E-state index contributed by atoms with van der Waals surface area (Å²) in [5.74, 6) is -0.116. The highest BCUT2D eigenvalue weighted by Crippen LogP contribution is 2.23. The molecule has 142 valence electrons. The molecule has 28 heavy (non-hydrogen) atoms. The molecule has 3 aromatic heterocycles. The Labute approximate surface area is 161 Å². The number of hydrogen-bond donors (Lipinski definition) is 2. The van der Waals surface area contributed by atoms with Crippen molar-refractivity contribution < 1.29 is 4.79 Å². The van der Waals surface area contributed by atoms with Crippen molar-refractivity contribution in [3.8, 4) is 0 Å². The number of hydrogen-bond acceptors (Lipinski definition) is 3. The lowest BCUT2D eigenvalue weighted by molar-refractivity contribution is -0.126. The van der Waals surface area contributed by atoms with Crippen LogP contribution in [0.2, 0.25) is 0 Å². The van der Waals surface area contributed by atoms with Gasteiger partial charge in [0.05, 0.1) is 11.6 Å². The van der Waals surface area contributed by atoms with Gasteiger partial charge >= 0.3 is 5.69 Å². The third-order valence-corrected chi connectivity index (χ3v) is 5.13. The van der Waals surface area contributed by atoms with Crippen LogP contribution in [0, 0.1) is 0 Å². The molecule has 7 nitrogen and oxygen atoms in total. The van der Waals surface area contributed by atoms with E-state index in [0.29, 0.717) is 11.2 Å². The number of nitrogens with zero attached hydrogens (tertiary/aromatic N) is 3. The lowest BCUT2D eigenvalue weighted by Gasteiger charge is -2.22. The van der Waals surface area contributed by atoms with E-state index in [1.54, 1.807) is 31.3 Å². The highest BCUT2D eigenvalue weighted by Gasteiger charge is 2.17. The topological polar surface area (TPSA) is 86.8 Å². The first kappa shape index (κ1) is 17.8. The maximum absolute atomic E-state index is 12.6. The summed E-state index contributed by atoms with van der Waals surface area (Å²) < 4.78 is 1.49. The summed E-state index contributed by atoms with van der Waals surface area (Å²) >= 11 is 0. The molecule has 1 unspecified atom stereocenters. The van der Waals surface area contributed by atoms with Crippen molar-refractivity contribution in [2.45, 2.75) is 13.0 Å². The Hall–Kier alpha value is -3.61. The lowest BCUT2D eigenvalue weighted by atomic mass is 10.2. The molecule has 0 saturated heterocycles. The highest BCUT2D eigenvalue weighted by molar-refractivity contribution is 5.92. The highest BCUT2D eigenvalue weighted by atomic mass is 16.2. The number of aromatic amines is 2. The Morgan fingerprint density at radius 1 is 1.25 bits per heavy atom. The first-order valence-electron chi connectivity index (χ1n) is 9.01. The molecule has 0 aliphatic rings. The molecule has 2 N–H and O–H groups in total. The number of carbonyl (C=O) groups excluding carboxylic acids is 1. The van der Waals surface area contributed by atoms with Crippen LogP contribution in [-0.2, 0) is 11.8 Å². The van der Waals surface area contributed by atoms with E-state index in [1.807, 2.05) is 37.3 Å². The van der Waals surface area contributed by atoms with Crippen molar-refractivity contribution in [2.75, 3.05) is 7.05 Å². The Morgan fingerprint density at radius 2 is 2.04 bits per heavy atom. The third kappa shape index (κ3) is 3.11. The first-order chi connectivity index (χ1) is 13.4. The Morgan fingerprint density at radius 3 is 2.82 bits per heavy atom. The van der Waals surface area contributed by atoms with Crippen molar-refractivity contribution >= 4 is 34.1 Å².